The first-order valence-electron chi connectivity index (χ1n) is 7.50. The molecule has 3 heterocycles. The maximum absolute atomic E-state index is 12.1. The third kappa shape index (κ3) is 3.61. The van der Waals surface area contributed by atoms with Gasteiger partial charge in [0.05, 0.1) is 12.7 Å². The molecule has 0 saturated carbocycles. The van der Waals surface area contributed by atoms with Gasteiger partial charge in [-0.05, 0) is 32.6 Å². The molecule has 2 aliphatic rings. The number of aromatic amines is 1. The smallest absolute Gasteiger partial charge is 0.330 e. The number of hydrogen-bond acceptors (Lipinski definition) is 7. The van der Waals surface area contributed by atoms with Crippen molar-refractivity contribution in [3.05, 3.63) is 32.6 Å². The maximum Gasteiger partial charge on any atom is 0.330 e. The second-order valence-corrected chi connectivity index (χ2v) is 10.5. The average Bonchev–Trinajstić information content (AvgIpc) is 2.73. The van der Waals surface area contributed by atoms with Gasteiger partial charge in [-0.3, -0.25) is 18.9 Å². The minimum atomic E-state index is -3.03. The summed E-state index contributed by atoms with van der Waals surface area (Å²) >= 11 is 18.3. The number of hydrogen-bond donors (Lipinski definition) is 1. The molecule has 8 nitrogen and oxygen atoms in total. The Morgan fingerprint density at radius 1 is 1.48 bits per heavy atom. The first-order valence-corrected chi connectivity index (χ1v) is 10.8. The highest BCUT2D eigenvalue weighted by molar-refractivity contribution is 8.07. The molecule has 2 fully saturated rings. The molecule has 0 bridgehead atoms. The predicted octanol–water partition coefficient (Wildman–Crippen LogP) is 1.98. The molecule has 140 valence electrons. The molecule has 25 heavy (non-hydrogen) atoms. The number of alkyl halides is 2. The number of nitrogens with one attached hydrogen (secondary N) is 1. The van der Waals surface area contributed by atoms with Crippen molar-refractivity contribution in [2.45, 2.75) is 49.6 Å². The number of nitrogens with zero attached hydrogens (tertiary/aromatic N) is 1. The normalized spacial score (nSPS) is 34.2. The van der Waals surface area contributed by atoms with Gasteiger partial charge in [-0.25, -0.2) is 4.79 Å². The van der Waals surface area contributed by atoms with E-state index in [-0.39, 0.29) is 12.7 Å². The summed E-state index contributed by atoms with van der Waals surface area (Å²) in [7, 11) is 0. The molecule has 1 aromatic heterocycles. The molecule has 2 saturated heterocycles. The maximum atomic E-state index is 12.1. The van der Waals surface area contributed by atoms with Gasteiger partial charge in [-0.2, -0.15) is 0 Å². The number of aromatic nitrogens is 2. The molecule has 3 rings (SSSR count). The Morgan fingerprint density at radius 3 is 2.80 bits per heavy atom. The van der Waals surface area contributed by atoms with Crippen molar-refractivity contribution in [3.8, 4) is 0 Å². The van der Waals surface area contributed by atoms with E-state index in [4.69, 9.17) is 53.3 Å². The van der Waals surface area contributed by atoms with Crippen LogP contribution in [0.25, 0.3) is 0 Å². The second-order valence-electron chi connectivity index (χ2n) is 6.10. The summed E-state index contributed by atoms with van der Waals surface area (Å²) in [6.45, 7) is 2.21. The van der Waals surface area contributed by atoms with Crippen LogP contribution in [0.15, 0.2) is 15.8 Å². The molecule has 2 aliphatic heterocycles. The van der Waals surface area contributed by atoms with Gasteiger partial charge < -0.3 is 13.8 Å². The van der Waals surface area contributed by atoms with Crippen LogP contribution in [0.4, 0.5) is 0 Å². The largest absolute Gasteiger partial charge is 0.346 e. The van der Waals surface area contributed by atoms with Gasteiger partial charge in [0.25, 0.3) is 5.56 Å². The SMILES string of the molecule is Cc1cn([C@@H]2O[C@@H]3CO[P@@](=S)(OC(C)C)O[C@H]3C2(Cl)Cl)c(=O)[nH]c1=O. The molecular formula is C13H17Cl2N2O6PS. The summed E-state index contributed by atoms with van der Waals surface area (Å²) in [5.74, 6) is 0. The van der Waals surface area contributed by atoms with E-state index in [0.717, 1.165) is 4.57 Å². The van der Waals surface area contributed by atoms with Gasteiger partial charge in [0.1, 0.15) is 12.2 Å². The topological polar surface area (TPSA) is 91.8 Å². The number of fused-ring (bicyclic) bond motifs is 1. The third-order valence-corrected chi connectivity index (χ3v) is 6.99. The third-order valence-electron chi connectivity index (χ3n) is 3.73. The van der Waals surface area contributed by atoms with E-state index in [1.54, 1.807) is 20.8 Å². The summed E-state index contributed by atoms with van der Waals surface area (Å²) in [6, 6.07) is 0. The molecule has 0 spiro atoms. The lowest BCUT2D eigenvalue weighted by atomic mass is 10.1. The highest BCUT2D eigenvalue weighted by Crippen LogP contribution is 2.61. The van der Waals surface area contributed by atoms with Crippen LogP contribution in [-0.2, 0) is 30.1 Å². The minimum Gasteiger partial charge on any atom is -0.346 e. The molecule has 0 amide bonds. The number of aryl methyl sites for hydroxylation is 1. The first-order chi connectivity index (χ1) is 11.5. The van der Waals surface area contributed by atoms with Crippen LogP contribution in [0.1, 0.15) is 25.6 Å². The Kier molecular flexibility index (Phi) is 5.25. The van der Waals surface area contributed by atoms with Crippen molar-refractivity contribution >= 4 is 41.7 Å². The van der Waals surface area contributed by atoms with Crippen LogP contribution < -0.4 is 11.2 Å². The van der Waals surface area contributed by atoms with Gasteiger partial charge >= 0.3 is 12.4 Å². The molecule has 0 aromatic carbocycles. The Labute approximate surface area is 158 Å². The standard InChI is InChI=1S/C13H17Cl2N2O6PS/c1-6(2)22-24(25)20-5-8-9(23-24)13(14,15)11(21-8)17-4-7(3)10(18)16-12(17)19/h4,6,8-9,11H,5H2,1-3H3,(H,16,18,19)/t8-,9-,11-,24-/m1/s1. The Bertz CT molecular complexity index is 841. The molecule has 0 unspecified atom stereocenters. The van der Waals surface area contributed by atoms with Crippen LogP contribution >= 0.6 is 29.9 Å². The first kappa shape index (κ1) is 19.5. The van der Waals surface area contributed by atoms with E-state index in [2.05, 4.69) is 4.98 Å². The van der Waals surface area contributed by atoms with Crippen molar-refractivity contribution in [2.24, 2.45) is 0 Å². The van der Waals surface area contributed by atoms with Crippen LogP contribution in [0, 0.1) is 6.92 Å². The van der Waals surface area contributed by atoms with Gasteiger partial charge in [0.2, 0.25) is 0 Å². The number of rotatable bonds is 3. The lowest BCUT2D eigenvalue weighted by molar-refractivity contribution is -0.0651. The van der Waals surface area contributed by atoms with Gasteiger partial charge in [-0.15, -0.1) is 0 Å². The van der Waals surface area contributed by atoms with Gasteiger partial charge in [0, 0.05) is 11.8 Å². The zero-order valence-corrected chi connectivity index (χ0v) is 16.8. The zero-order valence-electron chi connectivity index (χ0n) is 13.6. The van der Waals surface area contributed by atoms with E-state index in [9.17, 15) is 9.59 Å². The Hall–Kier alpha value is -0.250. The van der Waals surface area contributed by atoms with Gasteiger partial charge in [-0.1, -0.05) is 23.2 Å². The molecule has 1 N–H and O–H groups in total. The molecule has 0 radical (unpaired) electrons. The van der Waals surface area contributed by atoms with Crippen molar-refractivity contribution in [1.29, 1.82) is 0 Å². The zero-order chi connectivity index (χ0) is 18.6. The second kappa shape index (κ2) is 6.73. The summed E-state index contributed by atoms with van der Waals surface area (Å²) < 4.78 is 22.2. The summed E-state index contributed by atoms with van der Waals surface area (Å²) in [5.41, 5.74) is -0.872. The highest BCUT2D eigenvalue weighted by Gasteiger charge is 2.61. The Balaban J connectivity index is 1.94. The summed E-state index contributed by atoms with van der Waals surface area (Å²) in [5, 5.41) is 0. The summed E-state index contributed by atoms with van der Waals surface area (Å²) in [4.78, 5) is 25.9. The fraction of sp³-hybridized carbons (Fsp3) is 0.692. The van der Waals surface area contributed by atoms with Crippen LogP contribution in [0.5, 0.6) is 0 Å². The fourth-order valence-electron chi connectivity index (χ4n) is 2.64. The number of H-pyrrole nitrogens is 1. The predicted molar refractivity (Wildman–Crippen MR) is 95.7 cm³/mol. The Morgan fingerprint density at radius 2 is 2.16 bits per heavy atom. The molecule has 1 aromatic rings. The number of ether oxygens (including phenoxy) is 1. The van der Waals surface area contributed by atoms with Crippen LogP contribution in [0.2, 0.25) is 0 Å². The number of halogens is 2. The van der Waals surface area contributed by atoms with E-state index >= 15 is 0 Å². The van der Waals surface area contributed by atoms with Crippen LogP contribution in [-0.4, -0.2) is 38.8 Å². The van der Waals surface area contributed by atoms with Crippen molar-refractivity contribution in [2.75, 3.05) is 6.61 Å². The fourth-order valence-corrected chi connectivity index (χ4v) is 6.02. The van der Waals surface area contributed by atoms with E-state index in [1.165, 1.54) is 6.20 Å². The monoisotopic (exact) mass is 430 g/mol. The average molecular weight is 431 g/mol. The molecule has 0 aliphatic carbocycles. The molecule has 12 heteroatoms. The lowest BCUT2D eigenvalue weighted by Gasteiger charge is -2.36. The molecular weight excluding hydrogens is 414 g/mol. The van der Waals surface area contributed by atoms with Gasteiger partial charge in [0.15, 0.2) is 10.6 Å². The van der Waals surface area contributed by atoms with Crippen molar-refractivity contribution < 1.29 is 18.3 Å². The van der Waals surface area contributed by atoms with Crippen LogP contribution in [0.3, 0.4) is 0 Å². The van der Waals surface area contributed by atoms with E-state index < -0.39 is 40.7 Å². The van der Waals surface area contributed by atoms with Crippen molar-refractivity contribution in [1.82, 2.24) is 9.55 Å². The van der Waals surface area contributed by atoms with E-state index in [0.29, 0.717) is 5.56 Å². The molecule has 4 atom stereocenters. The highest BCUT2D eigenvalue weighted by atomic mass is 35.5. The van der Waals surface area contributed by atoms with E-state index in [1.807, 2.05) is 0 Å². The summed E-state index contributed by atoms with van der Waals surface area (Å²) in [6.07, 6.45) is -1.43. The quantitative estimate of drug-likeness (QED) is 0.578. The lowest BCUT2D eigenvalue weighted by Crippen LogP contribution is -2.44. The minimum absolute atomic E-state index is 0.0729. The van der Waals surface area contributed by atoms with Crippen molar-refractivity contribution in [3.63, 3.8) is 0 Å².